The average molecular weight is 402 g/mol. The molecule has 0 atom stereocenters. The molecule has 1 aliphatic heterocycles. The van der Waals surface area contributed by atoms with E-state index in [4.69, 9.17) is 21.1 Å². The topological polar surface area (TPSA) is 55.8 Å². The van der Waals surface area contributed by atoms with Crippen LogP contribution >= 0.6 is 11.6 Å². The quantitative estimate of drug-likeness (QED) is 0.564. The van der Waals surface area contributed by atoms with Gasteiger partial charge in [-0.3, -0.25) is 9.69 Å². The highest BCUT2D eigenvalue weighted by molar-refractivity contribution is 6.32. The number of methoxy groups -OCH3 is 2. The summed E-state index contributed by atoms with van der Waals surface area (Å²) < 4.78 is 23.5. The molecule has 5 nitrogen and oxygen atoms in total. The van der Waals surface area contributed by atoms with Gasteiger partial charge in [0.25, 0.3) is 5.91 Å². The minimum Gasteiger partial charge on any atom is -0.495 e. The zero-order chi connectivity index (χ0) is 20.4. The standard InChI is InChI=1S/C21H17ClFNO4/c1-12-19(21(26)28-3)16(10-13-5-4-6-14(23)9-13)20(25)24(12)15-7-8-18(27-2)17(22)11-15/h4-11H,1-3H3/b16-10-. The lowest BCUT2D eigenvalue weighted by Gasteiger charge is -2.19. The molecule has 2 aromatic carbocycles. The normalized spacial score (nSPS) is 15.4. The number of benzene rings is 2. The van der Waals surface area contributed by atoms with Crippen LogP contribution in [0.2, 0.25) is 5.02 Å². The van der Waals surface area contributed by atoms with Gasteiger partial charge in [-0.25, -0.2) is 9.18 Å². The van der Waals surface area contributed by atoms with Gasteiger partial charge in [0, 0.05) is 5.70 Å². The van der Waals surface area contributed by atoms with Crippen LogP contribution in [0.15, 0.2) is 59.3 Å². The van der Waals surface area contributed by atoms with Gasteiger partial charge >= 0.3 is 5.97 Å². The molecular weight excluding hydrogens is 385 g/mol. The van der Waals surface area contributed by atoms with Crippen molar-refractivity contribution in [1.82, 2.24) is 0 Å². The number of carbonyl (C=O) groups excluding carboxylic acids is 2. The average Bonchev–Trinajstić information content (AvgIpc) is 2.91. The molecule has 144 valence electrons. The molecule has 28 heavy (non-hydrogen) atoms. The fraction of sp³-hybridized carbons (Fsp3) is 0.143. The van der Waals surface area contributed by atoms with Crippen molar-refractivity contribution in [3.63, 3.8) is 0 Å². The molecular formula is C21H17ClFNO4. The predicted molar refractivity (Wildman–Crippen MR) is 105 cm³/mol. The van der Waals surface area contributed by atoms with E-state index in [9.17, 15) is 14.0 Å². The molecule has 0 aromatic heterocycles. The van der Waals surface area contributed by atoms with Crippen molar-refractivity contribution in [1.29, 1.82) is 0 Å². The summed E-state index contributed by atoms with van der Waals surface area (Å²) in [5.41, 5.74) is 1.54. The molecule has 0 radical (unpaired) electrons. The lowest BCUT2D eigenvalue weighted by Crippen LogP contribution is -2.24. The highest BCUT2D eigenvalue weighted by Gasteiger charge is 2.38. The zero-order valence-electron chi connectivity index (χ0n) is 15.5. The Hall–Kier alpha value is -3.12. The van der Waals surface area contributed by atoms with Gasteiger partial charge in [0.2, 0.25) is 0 Å². The van der Waals surface area contributed by atoms with E-state index < -0.39 is 17.7 Å². The van der Waals surface area contributed by atoms with E-state index in [1.165, 1.54) is 43.4 Å². The van der Waals surface area contributed by atoms with Crippen LogP contribution in [-0.4, -0.2) is 26.1 Å². The summed E-state index contributed by atoms with van der Waals surface area (Å²) in [4.78, 5) is 26.9. The molecule has 0 saturated carbocycles. The van der Waals surface area contributed by atoms with E-state index in [2.05, 4.69) is 0 Å². The van der Waals surface area contributed by atoms with Gasteiger partial charge in [0.1, 0.15) is 11.6 Å². The highest BCUT2D eigenvalue weighted by Crippen LogP contribution is 2.38. The Labute approximate surface area is 166 Å². The van der Waals surface area contributed by atoms with E-state index in [0.29, 0.717) is 27.7 Å². The van der Waals surface area contributed by atoms with Crippen LogP contribution in [-0.2, 0) is 14.3 Å². The molecule has 2 aromatic rings. The Morgan fingerprint density at radius 1 is 1.18 bits per heavy atom. The first-order valence-corrected chi connectivity index (χ1v) is 8.70. The number of allylic oxidation sites excluding steroid dienone is 1. The number of hydrogen-bond acceptors (Lipinski definition) is 4. The van der Waals surface area contributed by atoms with Gasteiger partial charge in [0.05, 0.1) is 36.1 Å². The van der Waals surface area contributed by atoms with E-state index >= 15 is 0 Å². The third-order valence-electron chi connectivity index (χ3n) is 4.34. The number of anilines is 1. The van der Waals surface area contributed by atoms with Gasteiger partial charge in [0.15, 0.2) is 0 Å². The van der Waals surface area contributed by atoms with Gasteiger partial charge in [-0.1, -0.05) is 23.7 Å². The molecule has 1 heterocycles. The van der Waals surface area contributed by atoms with Gasteiger partial charge in [-0.05, 0) is 48.9 Å². The molecule has 0 saturated heterocycles. The maximum Gasteiger partial charge on any atom is 0.340 e. The van der Waals surface area contributed by atoms with E-state index in [0.717, 1.165) is 0 Å². The van der Waals surface area contributed by atoms with Crippen molar-refractivity contribution in [3.8, 4) is 5.75 Å². The van der Waals surface area contributed by atoms with E-state index in [1.54, 1.807) is 31.2 Å². The maximum atomic E-state index is 13.5. The summed E-state index contributed by atoms with van der Waals surface area (Å²) in [6.07, 6.45) is 1.46. The molecule has 0 bridgehead atoms. The molecule has 3 rings (SSSR count). The van der Waals surface area contributed by atoms with Crippen LogP contribution in [0.1, 0.15) is 12.5 Å². The first-order valence-electron chi connectivity index (χ1n) is 8.32. The van der Waals surface area contributed by atoms with Crippen LogP contribution in [0.4, 0.5) is 10.1 Å². The van der Waals surface area contributed by atoms with Crippen molar-refractivity contribution >= 4 is 35.2 Å². The Kier molecular flexibility index (Phi) is 5.51. The predicted octanol–water partition coefficient (Wildman–Crippen LogP) is 4.36. The smallest absolute Gasteiger partial charge is 0.340 e. The number of esters is 1. The minimum absolute atomic E-state index is 0.113. The fourth-order valence-electron chi connectivity index (χ4n) is 3.05. The number of rotatable bonds is 4. The summed E-state index contributed by atoms with van der Waals surface area (Å²) >= 11 is 6.19. The second-order valence-corrected chi connectivity index (χ2v) is 6.43. The second kappa shape index (κ2) is 7.86. The first kappa shape index (κ1) is 19.6. The lowest BCUT2D eigenvalue weighted by atomic mass is 10.0. The summed E-state index contributed by atoms with van der Waals surface area (Å²) in [5, 5.41) is 0.322. The minimum atomic E-state index is -0.657. The third-order valence-corrected chi connectivity index (χ3v) is 4.64. The van der Waals surface area contributed by atoms with Crippen molar-refractivity contribution < 1.29 is 23.5 Å². The Morgan fingerprint density at radius 3 is 2.54 bits per heavy atom. The Bertz CT molecular complexity index is 1030. The number of hydrogen-bond donors (Lipinski definition) is 0. The summed E-state index contributed by atoms with van der Waals surface area (Å²) in [6, 6.07) is 10.6. The number of nitrogens with zero attached hydrogens (tertiary/aromatic N) is 1. The van der Waals surface area contributed by atoms with E-state index in [1.807, 2.05) is 0 Å². The summed E-state index contributed by atoms with van der Waals surface area (Å²) in [7, 11) is 2.72. The van der Waals surface area contributed by atoms with Crippen LogP contribution in [0.5, 0.6) is 5.75 Å². The second-order valence-electron chi connectivity index (χ2n) is 6.02. The largest absolute Gasteiger partial charge is 0.495 e. The highest BCUT2D eigenvalue weighted by atomic mass is 35.5. The molecule has 0 unspecified atom stereocenters. The van der Waals surface area contributed by atoms with Crippen molar-refractivity contribution in [2.75, 3.05) is 19.1 Å². The van der Waals surface area contributed by atoms with Crippen LogP contribution < -0.4 is 9.64 Å². The lowest BCUT2D eigenvalue weighted by molar-refractivity contribution is -0.136. The molecule has 0 spiro atoms. The summed E-state index contributed by atoms with van der Waals surface area (Å²) in [5.74, 6) is -1.08. The van der Waals surface area contributed by atoms with Crippen LogP contribution in [0, 0.1) is 5.82 Å². The van der Waals surface area contributed by atoms with Crippen molar-refractivity contribution in [3.05, 3.63) is 75.7 Å². The fourth-order valence-corrected chi connectivity index (χ4v) is 3.30. The number of halogens is 2. The number of carbonyl (C=O) groups is 2. The molecule has 0 aliphatic carbocycles. The molecule has 1 amide bonds. The number of amides is 1. The Balaban J connectivity index is 2.14. The van der Waals surface area contributed by atoms with Gasteiger partial charge in [-0.2, -0.15) is 0 Å². The molecule has 7 heteroatoms. The van der Waals surface area contributed by atoms with Crippen LogP contribution in [0.3, 0.4) is 0 Å². The monoisotopic (exact) mass is 401 g/mol. The van der Waals surface area contributed by atoms with Gasteiger partial charge in [-0.15, -0.1) is 0 Å². The van der Waals surface area contributed by atoms with Crippen molar-refractivity contribution in [2.24, 2.45) is 0 Å². The SMILES string of the molecule is COC(=O)C1=C(C)N(c2ccc(OC)c(Cl)c2)C(=O)/C1=C\c1cccc(F)c1. The maximum absolute atomic E-state index is 13.5. The molecule has 1 aliphatic rings. The molecule has 0 fully saturated rings. The van der Waals surface area contributed by atoms with E-state index in [-0.39, 0.29) is 11.1 Å². The summed E-state index contributed by atoms with van der Waals surface area (Å²) in [6.45, 7) is 1.63. The first-order chi connectivity index (χ1) is 13.4. The van der Waals surface area contributed by atoms with Gasteiger partial charge < -0.3 is 9.47 Å². The van der Waals surface area contributed by atoms with Crippen molar-refractivity contribution in [2.45, 2.75) is 6.92 Å². The number of ether oxygens (including phenoxy) is 2. The Morgan fingerprint density at radius 2 is 1.93 bits per heavy atom. The zero-order valence-corrected chi connectivity index (χ0v) is 16.2. The van der Waals surface area contributed by atoms with Crippen LogP contribution in [0.25, 0.3) is 6.08 Å². The molecule has 0 N–H and O–H groups in total. The third kappa shape index (κ3) is 3.51.